The van der Waals surface area contributed by atoms with Gasteiger partial charge < -0.3 is 9.47 Å². The van der Waals surface area contributed by atoms with Crippen LogP contribution in [0.25, 0.3) is 0 Å². The average molecular weight is 316 g/mol. The number of hydrazone groups is 1. The maximum Gasteiger partial charge on any atom is 0.139 e. The second-order valence-corrected chi connectivity index (χ2v) is 5.16. The monoisotopic (exact) mass is 316 g/mol. The molecular weight excluding hydrogens is 296 g/mol. The van der Waals surface area contributed by atoms with E-state index in [9.17, 15) is 0 Å². The van der Waals surface area contributed by atoms with Gasteiger partial charge in [-0.3, -0.25) is 4.90 Å². The van der Waals surface area contributed by atoms with Gasteiger partial charge in [-0.1, -0.05) is 0 Å². The van der Waals surface area contributed by atoms with Crippen molar-refractivity contribution in [1.29, 1.82) is 0 Å². The van der Waals surface area contributed by atoms with Crippen molar-refractivity contribution in [2.45, 2.75) is 6.54 Å². The fourth-order valence-corrected chi connectivity index (χ4v) is 2.42. The summed E-state index contributed by atoms with van der Waals surface area (Å²) in [6.07, 6.45) is 4.72. The molecule has 0 spiro atoms. The van der Waals surface area contributed by atoms with E-state index in [1.165, 1.54) is 17.4 Å². The zero-order chi connectivity index (χ0) is 15.9. The lowest BCUT2D eigenvalue weighted by Crippen LogP contribution is -2.35. The summed E-state index contributed by atoms with van der Waals surface area (Å²) >= 11 is 0. The van der Waals surface area contributed by atoms with Gasteiger partial charge in [-0.25, -0.2) is 4.98 Å². The fraction of sp³-hybridized carbons (Fsp3) is 0.400. The van der Waals surface area contributed by atoms with Crippen molar-refractivity contribution in [1.82, 2.24) is 19.8 Å². The van der Waals surface area contributed by atoms with Crippen molar-refractivity contribution in [3.8, 4) is 5.75 Å². The third kappa shape index (κ3) is 4.27. The number of methoxy groups -OCH3 is 1. The molecule has 122 valence electrons. The standard InChI is InChI=1S/C15H20N6O2/c1-22-15-3-2-13(9-17-19-21-12-16-11-18-21)8-14(15)10-20-4-6-23-7-5-20/h2-3,8-9,11-12,19H,4-7,10H2,1H3/b17-9+. The molecule has 0 atom stereocenters. The van der Waals surface area contributed by atoms with Gasteiger partial charge in [-0.2, -0.15) is 10.6 Å². The second kappa shape index (κ2) is 7.70. The van der Waals surface area contributed by atoms with E-state index >= 15 is 0 Å². The largest absolute Gasteiger partial charge is 0.496 e. The lowest BCUT2D eigenvalue weighted by atomic mass is 10.1. The molecule has 8 nitrogen and oxygen atoms in total. The number of benzene rings is 1. The van der Waals surface area contributed by atoms with Gasteiger partial charge in [-0.15, -0.1) is 9.89 Å². The minimum absolute atomic E-state index is 0.783. The van der Waals surface area contributed by atoms with Crippen LogP contribution in [-0.2, 0) is 11.3 Å². The van der Waals surface area contributed by atoms with E-state index in [1.54, 1.807) is 13.3 Å². The van der Waals surface area contributed by atoms with E-state index in [4.69, 9.17) is 9.47 Å². The van der Waals surface area contributed by atoms with Gasteiger partial charge in [0.25, 0.3) is 0 Å². The van der Waals surface area contributed by atoms with Gasteiger partial charge in [-0.05, 0) is 23.8 Å². The van der Waals surface area contributed by atoms with Gasteiger partial charge >= 0.3 is 0 Å². The molecule has 1 aromatic carbocycles. The summed E-state index contributed by atoms with van der Waals surface area (Å²) in [6.45, 7) is 4.28. The van der Waals surface area contributed by atoms with Crippen LogP contribution in [0.5, 0.6) is 5.75 Å². The minimum atomic E-state index is 0.783. The number of hydrogen-bond donors (Lipinski definition) is 1. The summed E-state index contributed by atoms with van der Waals surface area (Å²) in [4.78, 5) is 7.62. The number of rotatable bonds is 6. The smallest absolute Gasteiger partial charge is 0.139 e. The quantitative estimate of drug-likeness (QED) is 0.624. The molecule has 0 amide bonds. The van der Waals surface area contributed by atoms with Crippen LogP contribution in [0.4, 0.5) is 0 Å². The molecule has 0 aliphatic carbocycles. The molecule has 1 aliphatic rings. The fourth-order valence-electron chi connectivity index (χ4n) is 2.42. The molecule has 1 N–H and O–H groups in total. The Balaban J connectivity index is 1.68. The highest BCUT2D eigenvalue weighted by atomic mass is 16.5. The summed E-state index contributed by atoms with van der Waals surface area (Å²) in [5.74, 6) is 0.887. The molecule has 2 aromatic rings. The molecule has 1 saturated heterocycles. The third-order valence-corrected chi connectivity index (χ3v) is 3.59. The maximum absolute atomic E-state index is 5.46. The Kier molecular flexibility index (Phi) is 5.17. The summed E-state index contributed by atoms with van der Waals surface area (Å²) in [5.41, 5.74) is 4.88. The minimum Gasteiger partial charge on any atom is -0.496 e. The lowest BCUT2D eigenvalue weighted by Gasteiger charge is -2.27. The van der Waals surface area contributed by atoms with Crippen LogP contribution in [-0.4, -0.2) is 59.4 Å². The Hall–Kier alpha value is -2.45. The first-order valence-corrected chi connectivity index (χ1v) is 7.46. The molecule has 0 bridgehead atoms. The van der Waals surface area contributed by atoms with Crippen molar-refractivity contribution in [2.24, 2.45) is 5.10 Å². The van der Waals surface area contributed by atoms with E-state index in [0.717, 1.165) is 49.7 Å². The molecule has 0 unspecified atom stereocenters. The van der Waals surface area contributed by atoms with Gasteiger partial charge in [0, 0.05) is 25.2 Å². The highest BCUT2D eigenvalue weighted by molar-refractivity contribution is 5.80. The molecule has 1 fully saturated rings. The molecule has 0 saturated carbocycles. The van der Waals surface area contributed by atoms with Crippen LogP contribution in [0.3, 0.4) is 0 Å². The molecule has 23 heavy (non-hydrogen) atoms. The van der Waals surface area contributed by atoms with E-state index in [1.807, 2.05) is 12.1 Å². The van der Waals surface area contributed by atoms with Gasteiger partial charge in [0.15, 0.2) is 0 Å². The van der Waals surface area contributed by atoms with E-state index < -0.39 is 0 Å². The summed E-state index contributed by atoms with van der Waals surface area (Å²) in [6, 6.07) is 6.02. The molecule has 3 rings (SSSR count). The highest BCUT2D eigenvalue weighted by Crippen LogP contribution is 2.21. The normalized spacial score (nSPS) is 15.9. The van der Waals surface area contributed by atoms with E-state index in [0.29, 0.717) is 0 Å². The first-order valence-electron chi connectivity index (χ1n) is 7.46. The second-order valence-electron chi connectivity index (χ2n) is 5.16. The van der Waals surface area contributed by atoms with Crippen molar-refractivity contribution in [2.75, 3.05) is 38.9 Å². The zero-order valence-corrected chi connectivity index (χ0v) is 13.1. The summed E-state index contributed by atoms with van der Waals surface area (Å²) in [5, 5.41) is 8.05. The van der Waals surface area contributed by atoms with E-state index in [-0.39, 0.29) is 0 Å². The average Bonchev–Trinajstić information content (AvgIpc) is 3.09. The molecule has 0 radical (unpaired) electrons. The van der Waals surface area contributed by atoms with Crippen LogP contribution < -0.4 is 10.3 Å². The number of nitrogens with zero attached hydrogens (tertiary/aromatic N) is 5. The summed E-state index contributed by atoms with van der Waals surface area (Å²) < 4.78 is 10.9. The third-order valence-electron chi connectivity index (χ3n) is 3.59. The van der Waals surface area contributed by atoms with Crippen LogP contribution >= 0.6 is 0 Å². The molecule has 2 heterocycles. The highest BCUT2D eigenvalue weighted by Gasteiger charge is 2.13. The zero-order valence-electron chi connectivity index (χ0n) is 13.1. The number of ether oxygens (including phenoxy) is 2. The summed E-state index contributed by atoms with van der Waals surface area (Å²) in [7, 11) is 1.69. The molecular formula is C15H20N6O2. The first kappa shape index (κ1) is 15.4. The van der Waals surface area contributed by atoms with Gasteiger partial charge in [0.05, 0.1) is 26.5 Å². The Bertz CT molecular complexity index is 637. The van der Waals surface area contributed by atoms with Crippen molar-refractivity contribution < 1.29 is 9.47 Å². The number of aromatic nitrogens is 3. The lowest BCUT2D eigenvalue weighted by molar-refractivity contribution is 0.0339. The Morgan fingerprint density at radius 3 is 3.00 bits per heavy atom. The maximum atomic E-state index is 5.46. The van der Waals surface area contributed by atoms with Gasteiger partial charge in [0.2, 0.25) is 0 Å². The van der Waals surface area contributed by atoms with Crippen molar-refractivity contribution in [3.05, 3.63) is 42.0 Å². The molecule has 1 aliphatic heterocycles. The SMILES string of the molecule is COc1ccc(/C=N/Nn2cncn2)cc1CN1CCOCC1. The predicted octanol–water partition coefficient (Wildman–Crippen LogP) is 0.697. The Morgan fingerprint density at radius 1 is 1.39 bits per heavy atom. The number of hydrogen-bond acceptors (Lipinski definition) is 7. The topological polar surface area (TPSA) is 76.8 Å². The Labute approximate surface area is 134 Å². The number of morpholine rings is 1. The van der Waals surface area contributed by atoms with Crippen LogP contribution in [0.2, 0.25) is 0 Å². The van der Waals surface area contributed by atoms with Crippen LogP contribution in [0, 0.1) is 0 Å². The van der Waals surface area contributed by atoms with E-state index in [2.05, 4.69) is 31.7 Å². The van der Waals surface area contributed by atoms with Crippen LogP contribution in [0.1, 0.15) is 11.1 Å². The molecule has 8 heteroatoms. The van der Waals surface area contributed by atoms with Crippen molar-refractivity contribution >= 4 is 6.21 Å². The molecule has 1 aromatic heterocycles. The van der Waals surface area contributed by atoms with Gasteiger partial charge in [0.1, 0.15) is 18.4 Å². The van der Waals surface area contributed by atoms with Crippen molar-refractivity contribution in [3.63, 3.8) is 0 Å². The first-order chi connectivity index (χ1) is 11.3. The van der Waals surface area contributed by atoms with Crippen LogP contribution in [0.15, 0.2) is 36.0 Å². The Morgan fingerprint density at radius 2 is 2.26 bits per heavy atom. The predicted molar refractivity (Wildman–Crippen MR) is 86.1 cm³/mol. The number of nitrogens with one attached hydrogen (secondary N) is 1.